The predicted molar refractivity (Wildman–Crippen MR) is 66.8 cm³/mol. The zero-order valence-electron chi connectivity index (χ0n) is 11.4. The Hall–Kier alpha value is -0.820. The molecule has 0 bridgehead atoms. The number of nitrogens with zero attached hydrogens (tertiary/aromatic N) is 1. The van der Waals surface area contributed by atoms with Gasteiger partial charge in [-0.05, 0) is 39.8 Å². The molecule has 7 heteroatoms. The minimum absolute atomic E-state index is 0.0692. The number of carbonyl (C=O) groups excluding carboxylic acids is 1. The van der Waals surface area contributed by atoms with Crippen molar-refractivity contribution in [3.05, 3.63) is 0 Å². The number of hydrogen-bond acceptors (Lipinski definition) is 3. The van der Waals surface area contributed by atoms with Crippen LogP contribution < -0.4 is 10.6 Å². The van der Waals surface area contributed by atoms with E-state index < -0.39 is 12.7 Å². The second-order valence-corrected chi connectivity index (χ2v) is 4.95. The summed E-state index contributed by atoms with van der Waals surface area (Å²) in [6.07, 6.45) is -2.85. The molecule has 1 unspecified atom stereocenters. The monoisotopic (exact) mass is 281 g/mol. The fourth-order valence-corrected chi connectivity index (χ4v) is 2.27. The van der Waals surface area contributed by atoms with Crippen LogP contribution in [0.25, 0.3) is 0 Å². The van der Waals surface area contributed by atoms with Crippen molar-refractivity contribution in [2.75, 3.05) is 26.2 Å². The van der Waals surface area contributed by atoms with Gasteiger partial charge in [0.05, 0.1) is 12.6 Å². The molecule has 1 amide bonds. The number of amides is 1. The Bertz CT molecular complexity index is 288. The number of halogens is 3. The Balaban J connectivity index is 2.28. The van der Waals surface area contributed by atoms with Gasteiger partial charge >= 0.3 is 6.18 Å². The number of piperidine rings is 1. The SMILES string of the molecule is CCNC(=O)C(C)NC1CCN(CC(F)(F)F)CC1. The third-order valence-electron chi connectivity index (χ3n) is 3.22. The molecule has 0 spiro atoms. The first kappa shape index (κ1) is 16.2. The lowest BCUT2D eigenvalue weighted by Gasteiger charge is -2.33. The summed E-state index contributed by atoms with van der Waals surface area (Å²) in [6, 6.07) is -0.193. The number of likely N-dealkylation sites (tertiary alicyclic amines) is 1. The number of carbonyl (C=O) groups is 1. The van der Waals surface area contributed by atoms with Crippen LogP contribution in [0.3, 0.4) is 0 Å². The fourth-order valence-electron chi connectivity index (χ4n) is 2.27. The topological polar surface area (TPSA) is 44.4 Å². The summed E-state index contributed by atoms with van der Waals surface area (Å²) < 4.78 is 36.7. The van der Waals surface area contributed by atoms with Crippen LogP contribution in [-0.2, 0) is 4.79 Å². The molecular weight excluding hydrogens is 259 g/mol. The highest BCUT2D eigenvalue weighted by molar-refractivity contribution is 5.81. The fraction of sp³-hybridized carbons (Fsp3) is 0.917. The maximum atomic E-state index is 12.2. The molecule has 1 aliphatic heterocycles. The summed E-state index contributed by atoms with van der Waals surface area (Å²) in [5.41, 5.74) is 0. The zero-order valence-corrected chi connectivity index (χ0v) is 11.4. The number of likely N-dealkylation sites (N-methyl/N-ethyl adjacent to an activating group) is 1. The third-order valence-corrected chi connectivity index (χ3v) is 3.22. The molecule has 1 rings (SSSR count). The highest BCUT2D eigenvalue weighted by Gasteiger charge is 2.32. The van der Waals surface area contributed by atoms with Crippen molar-refractivity contribution in [1.29, 1.82) is 0 Å². The highest BCUT2D eigenvalue weighted by Crippen LogP contribution is 2.19. The van der Waals surface area contributed by atoms with Crippen LogP contribution in [0.15, 0.2) is 0 Å². The summed E-state index contributed by atoms with van der Waals surface area (Å²) in [5.74, 6) is -0.0692. The van der Waals surface area contributed by atoms with Gasteiger partial charge in [-0.15, -0.1) is 0 Å². The molecule has 1 heterocycles. The average Bonchev–Trinajstić information content (AvgIpc) is 2.30. The molecule has 1 saturated heterocycles. The van der Waals surface area contributed by atoms with Crippen molar-refractivity contribution in [3.63, 3.8) is 0 Å². The van der Waals surface area contributed by atoms with Crippen LogP contribution in [-0.4, -0.2) is 55.2 Å². The van der Waals surface area contributed by atoms with E-state index in [4.69, 9.17) is 0 Å². The van der Waals surface area contributed by atoms with Gasteiger partial charge in [-0.25, -0.2) is 0 Å². The maximum absolute atomic E-state index is 12.2. The van der Waals surface area contributed by atoms with Crippen molar-refractivity contribution in [1.82, 2.24) is 15.5 Å². The third kappa shape index (κ3) is 6.24. The molecule has 19 heavy (non-hydrogen) atoms. The normalized spacial score (nSPS) is 20.3. The second kappa shape index (κ2) is 7.09. The van der Waals surface area contributed by atoms with Crippen LogP contribution in [0.2, 0.25) is 0 Å². The first-order chi connectivity index (χ1) is 8.81. The lowest BCUT2D eigenvalue weighted by atomic mass is 10.0. The lowest BCUT2D eigenvalue weighted by Crippen LogP contribution is -2.51. The van der Waals surface area contributed by atoms with Crippen LogP contribution in [0.5, 0.6) is 0 Å². The van der Waals surface area contributed by atoms with E-state index in [9.17, 15) is 18.0 Å². The minimum Gasteiger partial charge on any atom is -0.355 e. The highest BCUT2D eigenvalue weighted by atomic mass is 19.4. The molecule has 0 aromatic carbocycles. The smallest absolute Gasteiger partial charge is 0.355 e. The van der Waals surface area contributed by atoms with Crippen LogP contribution in [0, 0.1) is 0 Å². The molecule has 1 aliphatic rings. The summed E-state index contributed by atoms with van der Waals surface area (Å²) in [7, 11) is 0. The van der Waals surface area contributed by atoms with E-state index in [0.29, 0.717) is 32.5 Å². The first-order valence-electron chi connectivity index (χ1n) is 6.64. The van der Waals surface area contributed by atoms with Gasteiger partial charge in [0.15, 0.2) is 0 Å². The Kier molecular flexibility index (Phi) is 6.06. The van der Waals surface area contributed by atoms with E-state index in [0.717, 1.165) is 0 Å². The Labute approximate surface area is 111 Å². The average molecular weight is 281 g/mol. The van der Waals surface area contributed by atoms with Gasteiger partial charge in [0.25, 0.3) is 0 Å². The van der Waals surface area contributed by atoms with Crippen molar-refractivity contribution in [2.24, 2.45) is 0 Å². The van der Waals surface area contributed by atoms with Crippen molar-refractivity contribution < 1.29 is 18.0 Å². The number of rotatable bonds is 5. The van der Waals surface area contributed by atoms with E-state index in [1.165, 1.54) is 4.90 Å². The number of hydrogen-bond donors (Lipinski definition) is 2. The van der Waals surface area contributed by atoms with Crippen LogP contribution in [0.4, 0.5) is 13.2 Å². The van der Waals surface area contributed by atoms with Gasteiger partial charge < -0.3 is 10.6 Å². The summed E-state index contributed by atoms with van der Waals surface area (Å²) in [6.45, 7) is 4.19. The Morgan fingerprint density at radius 2 is 1.95 bits per heavy atom. The van der Waals surface area contributed by atoms with Crippen LogP contribution in [0.1, 0.15) is 26.7 Å². The van der Waals surface area contributed by atoms with Gasteiger partial charge in [0.2, 0.25) is 5.91 Å². The number of nitrogens with one attached hydrogen (secondary N) is 2. The maximum Gasteiger partial charge on any atom is 0.401 e. The van der Waals surface area contributed by atoms with Crippen LogP contribution >= 0.6 is 0 Å². The minimum atomic E-state index is -4.13. The molecule has 2 N–H and O–H groups in total. The Morgan fingerprint density at radius 3 is 2.42 bits per heavy atom. The van der Waals surface area contributed by atoms with E-state index in [-0.39, 0.29) is 18.0 Å². The zero-order chi connectivity index (χ0) is 14.5. The van der Waals surface area contributed by atoms with Gasteiger partial charge in [-0.2, -0.15) is 13.2 Å². The summed E-state index contributed by atoms with van der Waals surface area (Å²) >= 11 is 0. The Morgan fingerprint density at radius 1 is 1.37 bits per heavy atom. The summed E-state index contributed by atoms with van der Waals surface area (Å²) in [4.78, 5) is 12.9. The molecule has 1 atom stereocenters. The largest absolute Gasteiger partial charge is 0.401 e. The summed E-state index contributed by atoms with van der Waals surface area (Å²) in [5, 5.41) is 5.88. The quantitative estimate of drug-likeness (QED) is 0.794. The lowest BCUT2D eigenvalue weighted by molar-refractivity contribution is -0.148. The molecule has 0 aromatic heterocycles. The van der Waals surface area contributed by atoms with Crippen molar-refractivity contribution >= 4 is 5.91 Å². The standard InChI is InChI=1S/C12H22F3N3O/c1-3-16-11(19)9(2)17-10-4-6-18(7-5-10)8-12(13,14)15/h9-10,17H,3-8H2,1-2H3,(H,16,19). The molecular formula is C12H22F3N3O. The predicted octanol–water partition coefficient (Wildman–Crippen LogP) is 1.13. The number of alkyl halides is 3. The van der Waals surface area contributed by atoms with E-state index in [1.807, 2.05) is 6.92 Å². The van der Waals surface area contributed by atoms with Gasteiger partial charge in [0.1, 0.15) is 0 Å². The molecule has 0 radical (unpaired) electrons. The van der Waals surface area contributed by atoms with E-state index in [1.54, 1.807) is 6.92 Å². The van der Waals surface area contributed by atoms with Crippen molar-refractivity contribution in [2.45, 2.75) is 44.9 Å². The van der Waals surface area contributed by atoms with Gasteiger partial charge in [-0.3, -0.25) is 9.69 Å². The molecule has 0 aromatic rings. The molecule has 112 valence electrons. The molecule has 0 saturated carbocycles. The van der Waals surface area contributed by atoms with E-state index in [2.05, 4.69) is 10.6 Å². The molecule has 1 fully saturated rings. The van der Waals surface area contributed by atoms with E-state index >= 15 is 0 Å². The molecule has 0 aliphatic carbocycles. The molecule has 4 nitrogen and oxygen atoms in total. The van der Waals surface area contributed by atoms with Gasteiger partial charge in [0, 0.05) is 12.6 Å². The second-order valence-electron chi connectivity index (χ2n) is 4.95. The van der Waals surface area contributed by atoms with Crippen molar-refractivity contribution in [3.8, 4) is 0 Å². The van der Waals surface area contributed by atoms with Gasteiger partial charge in [-0.1, -0.05) is 0 Å². The first-order valence-corrected chi connectivity index (χ1v) is 6.64.